The van der Waals surface area contributed by atoms with Crippen molar-refractivity contribution in [3.63, 3.8) is 0 Å². The minimum atomic E-state index is -1.94. The van der Waals surface area contributed by atoms with E-state index in [9.17, 15) is 29.1 Å². The van der Waals surface area contributed by atoms with Crippen molar-refractivity contribution in [1.82, 2.24) is 20.2 Å². The third-order valence-electron chi connectivity index (χ3n) is 11.3. The van der Waals surface area contributed by atoms with Gasteiger partial charge in [-0.05, 0) is 57.2 Å². The number of pyridine rings is 2. The number of cyclic esters (lactones) is 1. The Labute approximate surface area is 325 Å². The van der Waals surface area contributed by atoms with E-state index >= 15 is 0 Å². The molecule has 3 aromatic rings. The van der Waals surface area contributed by atoms with Crippen molar-refractivity contribution in [2.24, 2.45) is 4.99 Å². The van der Waals surface area contributed by atoms with E-state index in [2.05, 4.69) is 22.5 Å². The summed E-state index contributed by atoms with van der Waals surface area (Å²) in [6, 6.07) is 5.70. The molecular formula is C40H49ClN6O8. The number of halogens is 1. The number of ether oxygens (including phenoxy) is 2. The number of benzene rings is 1. The molecule has 1 saturated carbocycles. The van der Waals surface area contributed by atoms with E-state index in [1.807, 2.05) is 24.5 Å². The van der Waals surface area contributed by atoms with Gasteiger partial charge >= 0.3 is 17.9 Å². The lowest BCUT2D eigenvalue weighted by molar-refractivity contribution is -0.189. The Bertz CT molecular complexity index is 2100. The van der Waals surface area contributed by atoms with E-state index in [0.29, 0.717) is 11.4 Å². The van der Waals surface area contributed by atoms with Crippen molar-refractivity contribution in [1.29, 1.82) is 0 Å². The molecule has 2 aromatic heterocycles. The van der Waals surface area contributed by atoms with E-state index in [-0.39, 0.29) is 61.1 Å². The molecule has 3 aliphatic heterocycles. The molecule has 3 atom stereocenters. The predicted octanol–water partition coefficient (Wildman–Crippen LogP) is 5.38. The van der Waals surface area contributed by atoms with Crippen molar-refractivity contribution < 1.29 is 33.8 Å². The highest BCUT2D eigenvalue weighted by atomic mass is 35.5. The molecule has 55 heavy (non-hydrogen) atoms. The summed E-state index contributed by atoms with van der Waals surface area (Å²) in [4.78, 5) is 78.3. The van der Waals surface area contributed by atoms with Gasteiger partial charge in [0.15, 0.2) is 0 Å². The molecule has 1 aliphatic carbocycles. The number of hydrogen-bond donors (Lipinski definition) is 3. The van der Waals surface area contributed by atoms with Crippen LogP contribution in [0.2, 0.25) is 0 Å². The van der Waals surface area contributed by atoms with Crippen LogP contribution in [0.1, 0.15) is 108 Å². The van der Waals surface area contributed by atoms with Gasteiger partial charge in [0.05, 0.1) is 58.2 Å². The highest BCUT2D eigenvalue weighted by Gasteiger charge is 2.50. The van der Waals surface area contributed by atoms with E-state index < -0.39 is 47.9 Å². The number of carboxylic acids is 1. The zero-order chi connectivity index (χ0) is 38.1. The average Bonchev–Trinajstić information content (AvgIpc) is 3.54. The van der Waals surface area contributed by atoms with Gasteiger partial charge in [-0.15, -0.1) is 12.4 Å². The minimum Gasteiger partial charge on any atom is -0.480 e. The zero-order valence-corrected chi connectivity index (χ0v) is 32.3. The largest absolute Gasteiger partial charge is 0.480 e. The van der Waals surface area contributed by atoms with Gasteiger partial charge < -0.3 is 34.7 Å². The molecular weight excluding hydrogens is 728 g/mol. The van der Waals surface area contributed by atoms with Crippen molar-refractivity contribution >= 4 is 64.8 Å². The number of anilines is 1. The van der Waals surface area contributed by atoms with Crippen LogP contribution in [0.15, 0.2) is 34.1 Å². The molecule has 1 unspecified atom stereocenters. The topological polar surface area (TPSA) is 182 Å². The van der Waals surface area contributed by atoms with E-state index in [1.165, 1.54) is 0 Å². The lowest BCUT2D eigenvalue weighted by atomic mass is 9.85. The number of amides is 1. The van der Waals surface area contributed by atoms with Crippen LogP contribution in [0.4, 0.5) is 11.4 Å². The highest BCUT2D eigenvalue weighted by molar-refractivity contribution is 6.11. The predicted molar refractivity (Wildman–Crippen MR) is 209 cm³/mol. The third kappa shape index (κ3) is 7.45. The molecule has 0 saturated heterocycles. The van der Waals surface area contributed by atoms with Crippen LogP contribution in [0.25, 0.3) is 22.3 Å². The maximum absolute atomic E-state index is 14.3. The van der Waals surface area contributed by atoms with Gasteiger partial charge in [0.1, 0.15) is 12.6 Å². The lowest BCUT2D eigenvalue weighted by Crippen LogP contribution is -2.51. The van der Waals surface area contributed by atoms with Crippen LogP contribution in [0.3, 0.4) is 0 Å². The molecule has 14 nitrogen and oxygen atoms in total. The first-order chi connectivity index (χ1) is 26.1. The quantitative estimate of drug-likeness (QED) is 0.110. The fraction of sp³-hybridized carbons (Fsp3) is 0.525. The second-order valence-corrected chi connectivity index (χ2v) is 14.8. The first-order valence-corrected chi connectivity index (χ1v) is 19.3. The van der Waals surface area contributed by atoms with Gasteiger partial charge in [-0.2, -0.15) is 0 Å². The number of aliphatic imine (C=N–C) groups is 1. The summed E-state index contributed by atoms with van der Waals surface area (Å²) < 4.78 is 13.1. The Hall–Kier alpha value is -4.82. The van der Waals surface area contributed by atoms with Gasteiger partial charge in [0, 0.05) is 30.1 Å². The standard InChI is InChI=1S/C40H48N6O8.ClH/c1-4-6-10-18-45-22-41-28-14-11-15-29-33(28)35(45)25-20-46-31(34(25)43-29)19-27-26(37(46)49)21-53-39(52)40(27,5-2)54-32(47)17-16-30(38(50)51)44-36(48)23(3)42-24-12-8-7-9-13-24;/h11,14-15,19,22-24,30,42H,4-10,12-13,16-18,20-21H2,1-3H3,(H,44,48)(H,50,51);1H/t23?,30-,40+;/m1./s1. The van der Waals surface area contributed by atoms with Crippen molar-refractivity contribution in [3.05, 3.63) is 51.3 Å². The summed E-state index contributed by atoms with van der Waals surface area (Å²) >= 11 is 0. The number of esters is 2. The van der Waals surface area contributed by atoms with Crippen LogP contribution < -0.4 is 21.1 Å². The molecule has 1 fully saturated rings. The third-order valence-corrected chi connectivity index (χ3v) is 11.3. The Morgan fingerprint density at radius 2 is 1.89 bits per heavy atom. The molecule has 15 heteroatoms. The van der Waals surface area contributed by atoms with Gasteiger partial charge in [0.25, 0.3) is 5.56 Å². The first-order valence-electron chi connectivity index (χ1n) is 19.3. The number of carboxylic acid groups (broad SMARTS) is 1. The number of hydrogen-bond acceptors (Lipinski definition) is 11. The fourth-order valence-electron chi connectivity index (χ4n) is 8.32. The molecule has 4 aliphatic rings. The summed E-state index contributed by atoms with van der Waals surface area (Å²) in [6.45, 7) is 6.22. The molecule has 1 aromatic carbocycles. The van der Waals surface area contributed by atoms with Gasteiger partial charge in [-0.1, -0.05) is 52.0 Å². The molecule has 7 rings (SSSR count). The number of carbonyl (C=O) groups excluding carboxylic acids is 3. The van der Waals surface area contributed by atoms with Gasteiger partial charge in [-0.3, -0.25) is 14.4 Å². The summed E-state index contributed by atoms with van der Waals surface area (Å²) in [7, 11) is 0. The minimum absolute atomic E-state index is 0. The number of carbonyl (C=O) groups is 4. The average molecular weight is 777 g/mol. The molecule has 0 bridgehead atoms. The molecule has 0 spiro atoms. The van der Waals surface area contributed by atoms with Crippen LogP contribution >= 0.6 is 12.4 Å². The second kappa shape index (κ2) is 16.5. The number of aliphatic carboxylic acids is 1. The Kier molecular flexibility index (Phi) is 12.0. The number of unbranched alkanes of at least 4 members (excludes halogenated alkanes) is 2. The molecule has 5 heterocycles. The number of aromatic nitrogens is 2. The number of nitrogens with one attached hydrogen (secondary N) is 2. The van der Waals surface area contributed by atoms with Gasteiger partial charge in [-0.25, -0.2) is 19.6 Å². The normalized spacial score (nSPS) is 19.4. The number of fused-ring (bicyclic) bond motifs is 5. The van der Waals surface area contributed by atoms with Crippen LogP contribution in [0, 0.1) is 0 Å². The number of nitrogens with zero attached hydrogens (tertiary/aromatic N) is 4. The molecule has 294 valence electrons. The second-order valence-electron chi connectivity index (χ2n) is 14.8. The zero-order valence-electron chi connectivity index (χ0n) is 31.5. The summed E-state index contributed by atoms with van der Waals surface area (Å²) in [5.74, 6) is -3.45. The van der Waals surface area contributed by atoms with Gasteiger partial charge in [0.2, 0.25) is 11.5 Å². The van der Waals surface area contributed by atoms with E-state index in [4.69, 9.17) is 19.5 Å². The monoisotopic (exact) mass is 776 g/mol. The lowest BCUT2D eigenvalue weighted by Gasteiger charge is -2.35. The maximum Gasteiger partial charge on any atom is 0.355 e. The maximum atomic E-state index is 14.3. The summed E-state index contributed by atoms with van der Waals surface area (Å²) in [5.41, 5.74) is 2.58. The van der Waals surface area contributed by atoms with E-state index in [0.717, 1.165) is 85.8 Å². The van der Waals surface area contributed by atoms with Crippen molar-refractivity contribution in [2.75, 3.05) is 11.4 Å². The summed E-state index contributed by atoms with van der Waals surface area (Å²) in [5, 5.41) is 16.6. The smallest absolute Gasteiger partial charge is 0.355 e. The van der Waals surface area contributed by atoms with Crippen molar-refractivity contribution in [3.8, 4) is 11.4 Å². The Morgan fingerprint density at radius 3 is 2.62 bits per heavy atom. The summed E-state index contributed by atoms with van der Waals surface area (Å²) in [6.07, 6.45) is 9.46. The molecule has 3 N–H and O–H groups in total. The van der Waals surface area contributed by atoms with E-state index in [1.54, 1.807) is 24.5 Å². The van der Waals surface area contributed by atoms with Crippen LogP contribution in [0.5, 0.6) is 0 Å². The Morgan fingerprint density at radius 1 is 1.11 bits per heavy atom. The number of rotatable bonds is 14. The fourth-order valence-corrected chi connectivity index (χ4v) is 8.32. The first kappa shape index (κ1) is 39.9. The highest BCUT2D eigenvalue weighted by Crippen LogP contribution is 2.47. The Balaban J connectivity index is 0.00000514. The van der Waals surface area contributed by atoms with Crippen LogP contribution in [-0.4, -0.2) is 69.5 Å². The van der Waals surface area contributed by atoms with Crippen molar-refractivity contribution in [2.45, 2.75) is 128 Å². The molecule has 1 amide bonds. The van der Waals surface area contributed by atoms with Crippen LogP contribution in [-0.2, 0) is 47.4 Å². The molecule has 0 radical (unpaired) electrons. The SMILES string of the molecule is CCCCCN1C=Nc2cccc3nc4c(c1c23)Cn1c-4cc2c(c1=O)COC(=O)[C@@]2(CC)OC(=O)CC[C@@H](NC(=O)C(C)NC1CCCCC1)C(=O)O.Cl.